The molecule has 0 saturated carbocycles. The van der Waals surface area contributed by atoms with Gasteiger partial charge in [-0.2, -0.15) is 0 Å². The fraction of sp³-hybridized carbons (Fsp3) is 0.381. The summed E-state index contributed by atoms with van der Waals surface area (Å²) in [4.78, 5) is 9.52. The Balaban J connectivity index is 1.50. The van der Waals surface area contributed by atoms with Crippen molar-refractivity contribution < 1.29 is 4.74 Å². The molecule has 0 spiro atoms. The first-order chi connectivity index (χ1) is 12.6. The molecule has 3 aliphatic heterocycles. The van der Waals surface area contributed by atoms with E-state index in [1.165, 1.54) is 5.70 Å². The molecule has 2 atom stereocenters. The summed E-state index contributed by atoms with van der Waals surface area (Å²) < 4.78 is 5.24. The summed E-state index contributed by atoms with van der Waals surface area (Å²) in [6.07, 6.45) is 8.73. The molecule has 1 N–H and O–H groups in total. The SMILES string of the molecule is COc1ccc(C2=CCN3C=C(N4C[C@@H](C)N[C@@H](C)C4)C=CC3=N2)cc1. The van der Waals surface area contributed by atoms with Gasteiger partial charge < -0.3 is 19.9 Å². The van der Waals surface area contributed by atoms with Gasteiger partial charge in [0.2, 0.25) is 0 Å². The highest BCUT2D eigenvalue weighted by Crippen LogP contribution is 2.26. The maximum absolute atomic E-state index is 5.24. The molecule has 0 bridgehead atoms. The summed E-state index contributed by atoms with van der Waals surface area (Å²) in [5.74, 6) is 1.86. The molecule has 0 unspecified atom stereocenters. The van der Waals surface area contributed by atoms with Crippen molar-refractivity contribution in [2.45, 2.75) is 25.9 Å². The second-order valence-electron chi connectivity index (χ2n) is 7.20. The predicted molar refractivity (Wildman–Crippen MR) is 106 cm³/mol. The number of nitrogens with one attached hydrogen (secondary N) is 1. The first-order valence-corrected chi connectivity index (χ1v) is 9.23. The average molecular weight is 350 g/mol. The fourth-order valence-corrected chi connectivity index (χ4v) is 3.79. The van der Waals surface area contributed by atoms with Crippen LogP contribution in [0.5, 0.6) is 5.75 Å². The monoisotopic (exact) mass is 350 g/mol. The average Bonchev–Trinajstić information content (AvgIpc) is 2.66. The third-order valence-corrected chi connectivity index (χ3v) is 5.01. The number of nitrogens with zero attached hydrogens (tertiary/aromatic N) is 3. The van der Waals surface area contributed by atoms with Gasteiger partial charge in [0.25, 0.3) is 0 Å². The fourth-order valence-electron chi connectivity index (χ4n) is 3.79. The number of hydrogen-bond donors (Lipinski definition) is 1. The van der Waals surface area contributed by atoms with E-state index in [0.717, 1.165) is 42.5 Å². The number of hydrogen-bond acceptors (Lipinski definition) is 5. The van der Waals surface area contributed by atoms with Crippen LogP contribution in [0.15, 0.2) is 59.4 Å². The van der Waals surface area contributed by atoms with Gasteiger partial charge in [0.1, 0.15) is 11.6 Å². The van der Waals surface area contributed by atoms with E-state index in [1.54, 1.807) is 7.11 Å². The second-order valence-corrected chi connectivity index (χ2v) is 7.20. The summed E-state index contributed by atoms with van der Waals surface area (Å²) in [6, 6.07) is 9.08. The van der Waals surface area contributed by atoms with Gasteiger partial charge in [0.15, 0.2) is 0 Å². The molecular formula is C21H26N4O. The minimum atomic E-state index is 0.506. The van der Waals surface area contributed by atoms with Crippen LogP contribution in [0.3, 0.4) is 0 Å². The van der Waals surface area contributed by atoms with E-state index >= 15 is 0 Å². The first kappa shape index (κ1) is 16.9. The quantitative estimate of drug-likeness (QED) is 0.910. The number of fused-ring (bicyclic) bond motifs is 1. The van der Waals surface area contributed by atoms with E-state index in [2.05, 4.69) is 65.5 Å². The molecule has 1 saturated heterocycles. The van der Waals surface area contributed by atoms with Gasteiger partial charge in [-0.3, -0.25) is 0 Å². The van der Waals surface area contributed by atoms with Crippen molar-refractivity contribution in [2.75, 3.05) is 26.7 Å². The van der Waals surface area contributed by atoms with Crippen LogP contribution in [0.1, 0.15) is 19.4 Å². The van der Waals surface area contributed by atoms with Gasteiger partial charge in [-0.25, -0.2) is 4.99 Å². The van der Waals surface area contributed by atoms with Crippen LogP contribution < -0.4 is 10.1 Å². The van der Waals surface area contributed by atoms with Crippen molar-refractivity contribution in [1.29, 1.82) is 0 Å². The number of ether oxygens (including phenoxy) is 1. The van der Waals surface area contributed by atoms with Crippen LogP contribution in [0, 0.1) is 0 Å². The zero-order valence-electron chi connectivity index (χ0n) is 15.6. The lowest BCUT2D eigenvalue weighted by atomic mass is 10.1. The summed E-state index contributed by atoms with van der Waals surface area (Å²) in [5, 5.41) is 3.59. The number of rotatable bonds is 3. The lowest BCUT2D eigenvalue weighted by molar-refractivity contribution is 0.217. The van der Waals surface area contributed by atoms with Crippen LogP contribution in [-0.4, -0.2) is 54.5 Å². The van der Waals surface area contributed by atoms with Gasteiger partial charge in [-0.1, -0.05) is 0 Å². The second kappa shape index (κ2) is 7.00. The van der Waals surface area contributed by atoms with Crippen molar-refractivity contribution in [3.05, 3.63) is 60.0 Å². The lowest BCUT2D eigenvalue weighted by Crippen LogP contribution is -2.53. The normalized spacial score (nSPS) is 25.3. The molecule has 0 radical (unpaired) electrons. The highest BCUT2D eigenvalue weighted by Gasteiger charge is 2.24. The molecule has 26 heavy (non-hydrogen) atoms. The van der Waals surface area contributed by atoms with Crippen molar-refractivity contribution in [2.24, 2.45) is 4.99 Å². The minimum absolute atomic E-state index is 0.506. The third kappa shape index (κ3) is 3.40. The molecule has 1 aromatic rings. The van der Waals surface area contributed by atoms with Gasteiger partial charge in [-0.15, -0.1) is 0 Å². The molecule has 0 aromatic heterocycles. The van der Waals surface area contributed by atoms with Crippen LogP contribution in [0.4, 0.5) is 0 Å². The Morgan fingerprint density at radius 1 is 1.08 bits per heavy atom. The minimum Gasteiger partial charge on any atom is -0.497 e. The summed E-state index contributed by atoms with van der Waals surface area (Å²) in [7, 11) is 1.68. The Labute approximate surface area is 155 Å². The van der Waals surface area contributed by atoms with E-state index in [1.807, 2.05) is 12.1 Å². The van der Waals surface area contributed by atoms with Crippen LogP contribution in [0.2, 0.25) is 0 Å². The Kier molecular flexibility index (Phi) is 4.55. The maximum atomic E-state index is 5.24. The van der Waals surface area contributed by atoms with Gasteiger partial charge >= 0.3 is 0 Å². The molecule has 136 valence electrons. The summed E-state index contributed by atoms with van der Waals surface area (Å²) in [6.45, 7) is 7.40. The Morgan fingerprint density at radius 3 is 2.50 bits per heavy atom. The number of benzene rings is 1. The zero-order chi connectivity index (χ0) is 18.1. The number of piperazine rings is 1. The van der Waals surface area contributed by atoms with Gasteiger partial charge in [0, 0.05) is 43.5 Å². The molecule has 1 fully saturated rings. The van der Waals surface area contributed by atoms with Crippen LogP contribution in [0.25, 0.3) is 5.70 Å². The van der Waals surface area contributed by atoms with Gasteiger partial charge in [-0.05, 0) is 56.3 Å². The Hall–Kier alpha value is -2.53. The molecule has 3 heterocycles. The topological polar surface area (TPSA) is 40.1 Å². The zero-order valence-corrected chi connectivity index (χ0v) is 15.6. The summed E-state index contributed by atoms with van der Waals surface area (Å²) in [5.41, 5.74) is 3.40. The standard InChI is InChI=1S/C21H26N4O/c1-15-12-25(13-16(2)22-15)18-6-9-21-23-20(10-11-24(21)14-18)17-4-7-19(26-3)8-5-17/h4-10,14-16,22H,11-13H2,1-3H3/t15-,16+. The summed E-state index contributed by atoms with van der Waals surface area (Å²) >= 11 is 0. The molecular weight excluding hydrogens is 324 g/mol. The number of allylic oxidation sites excluding steroid dienone is 1. The van der Waals surface area contributed by atoms with Crippen LogP contribution in [-0.2, 0) is 0 Å². The van der Waals surface area contributed by atoms with Crippen molar-refractivity contribution >= 4 is 11.5 Å². The smallest absolute Gasteiger partial charge is 0.133 e. The number of amidine groups is 1. The maximum Gasteiger partial charge on any atom is 0.133 e. The molecule has 4 rings (SSSR count). The van der Waals surface area contributed by atoms with Crippen LogP contribution >= 0.6 is 0 Å². The lowest BCUT2D eigenvalue weighted by Gasteiger charge is -2.40. The molecule has 0 aliphatic carbocycles. The number of aliphatic imine (C=N–C) groups is 1. The number of methoxy groups -OCH3 is 1. The highest BCUT2D eigenvalue weighted by molar-refractivity contribution is 6.00. The first-order valence-electron chi connectivity index (χ1n) is 9.23. The molecule has 5 heteroatoms. The molecule has 5 nitrogen and oxygen atoms in total. The Morgan fingerprint density at radius 2 is 1.81 bits per heavy atom. The Bertz CT molecular complexity index is 781. The van der Waals surface area contributed by atoms with E-state index in [-0.39, 0.29) is 0 Å². The molecule has 1 aromatic carbocycles. The van der Waals surface area contributed by atoms with E-state index in [4.69, 9.17) is 9.73 Å². The van der Waals surface area contributed by atoms with E-state index < -0.39 is 0 Å². The molecule has 0 amide bonds. The van der Waals surface area contributed by atoms with Crippen molar-refractivity contribution in [3.63, 3.8) is 0 Å². The van der Waals surface area contributed by atoms with Gasteiger partial charge in [0.05, 0.1) is 18.5 Å². The third-order valence-electron chi connectivity index (χ3n) is 5.01. The largest absolute Gasteiger partial charge is 0.497 e. The predicted octanol–water partition coefficient (Wildman–Crippen LogP) is 2.84. The highest BCUT2D eigenvalue weighted by atomic mass is 16.5. The van der Waals surface area contributed by atoms with Crippen molar-refractivity contribution in [1.82, 2.24) is 15.1 Å². The van der Waals surface area contributed by atoms with E-state index in [9.17, 15) is 0 Å². The van der Waals surface area contributed by atoms with E-state index in [0.29, 0.717) is 12.1 Å². The van der Waals surface area contributed by atoms with Crippen molar-refractivity contribution in [3.8, 4) is 5.75 Å². The molecule has 3 aliphatic rings.